The van der Waals surface area contributed by atoms with Gasteiger partial charge in [0.15, 0.2) is 11.6 Å². The summed E-state index contributed by atoms with van der Waals surface area (Å²) in [4.78, 5) is 48.5. The Morgan fingerprint density at radius 1 is 0.868 bits per heavy atom. The molecule has 0 bridgehead atoms. The number of likely N-dealkylation sites (tertiary alicyclic amines) is 1. The van der Waals surface area contributed by atoms with Crippen molar-refractivity contribution in [3.8, 4) is 16.9 Å². The Hall–Kier alpha value is -5.44. The number of hydrogen-bond acceptors (Lipinski definition) is 10. The van der Waals surface area contributed by atoms with Crippen molar-refractivity contribution in [2.45, 2.75) is 75.6 Å². The number of halogens is 2. The largest absolute Gasteiger partial charge is 0.446 e. The predicted molar refractivity (Wildman–Crippen MR) is 195 cm³/mol. The third kappa shape index (κ3) is 8.62. The van der Waals surface area contributed by atoms with Crippen LogP contribution < -0.4 is 21.1 Å². The average molecular weight is 729 g/mol. The fourth-order valence-corrected chi connectivity index (χ4v) is 7.70. The van der Waals surface area contributed by atoms with Crippen LogP contribution in [-0.4, -0.2) is 80.9 Å². The molecule has 278 valence electrons. The number of ether oxygens (including phenoxy) is 1. The van der Waals surface area contributed by atoms with E-state index in [0.717, 1.165) is 76.7 Å². The summed E-state index contributed by atoms with van der Waals surface area (Å²) in [5.74, 6) is -0.823. The van der Waals surface area contributed by atoms with Crippen LogP contribution in [-0.2, 0) is 4.74 Å². The lowest BCUT2D eigenvalue weighted by Gasteiger charge is -2.42. The summed E-state index contributed by atoms with van der Waals surface area (Å²) in [6.45, 7) is 2.97. The van der Waals surface area contributed by atoms with Gasteiger partial charge in [0.05, 0.1) is 22.9 Å². The van der Waals surface area contributed by atoms with E-state index in [0.29, 0.717) is 42.0 Å². The van der Waals surface area contributed by atoms with Crippen molar-refractivity contribution in [1.82, 2.24) is 24.8 Å². The van der Waals surface area contributed by atoms with Gasteiger partial charge in [-0.05, 0) is 75.6 Å². The third-order valence-electron chi connectivity index (χ3n) is 10.6. The Kier molecular flexibility index (Phi) is 10.9. The zero-order chi connectivity index (χ0) is 36.9. The number of anilines is 2. The molecule has 4 heterocycles. The van der Waals surface area contributed by atoms with Gasteiger partial charge < -0.3 is 20.3 Å². The van der Waals surface area contributed by atoms with Crippen molar-refractivity contribution in [3.05, 3.63) is 105 Å². The number of pyridine rings is 1. The van der Waals surface area contributed by atoms with Crippen molar-refractivity contribution < 1.29 is 23.2 Å². The number of amides is 1. The van der Waals surface area contributed by atoms with E-state index in [9.17, 15) is 28.5 Å². The Morgan fingerprint density at radius 3 is 2.34 bits per heavy atom. The topological polar surface area (TPSA) is 148 Å². The summed E-state index contributed by atoms with van der Waals surface area (Å²) in [6.07, 6.45) is 8.49. The minimum atomic E-state index is -0.593. The molecule has 3 aliphatic rings. The van der Waals surface area contributed by atoms with E-state index >= 15 is 0 Å². The summed E-state index contributed by atoms with van der Waals surface area (Å²) in [5.41, 5.74) is 1.22. The fraction of sp³-hybridized carbons (Fsp3) is 0.421. The molecule has 15 heteroatoms. The normalized spacial score (nSPS) is 20.2. The second kappa shape index (κ2) is 16.1. The van der Waals surface area contributed by atoms with Crippen LogP contribution in [0.2, 0.25) is 0 Å². The van der Waals surface area contributed by atoms with Crippen LogP contribution in [0, 0.1) is 21.7 Å². The highest BCUT2D eigenvalue weighted by Gasteiger charge is 2.31. The number of nitro groups is 1. The Morgan fingerprint density at radius 2 is 1.62 bits per heavy atom. The van der Waals surface area contributed by atoms with Gasteiger partial charge >= 0.3 is 6.09 Å². The van der Waals surface area contributed by atoms with Crippen LogP contribution in [0.4, 0.5) is 30.9 Å². The van der Waals surface area contributed by atoms with E-state index in [1.807, 2.05) is 4.90 Å². The molecule has 1 aliphatic carbocycles. The summed E-state index contributed by atoms with van der Waals surface area (Å²) < 4.78 is 36.7. The molecule has 2 N–H and O–H groups in total. The van der Waals surface area contributed by atoms with E-state index in [4.69, 9.17) is 4.74 Å². The van der Waals surface area contributed by atoms with Gasteiger partial charge in [-0.3, -0.25) is 24.4 Å². The van der Waals surface area contributed by atoms with E-state index in [1.54, 1.807) is 42.6 Å². The molecular weight excluding hydrogens is 686 g/mol. The Balaban J connectivity index is 0.830. The summed E-state index contributed by atoms with van der Waals surface area (Å²) in [6, 6.07) is 16.1. The zero-order valence-corrected chi connectivity index (χ0v) is 29.2. The number of alkyl carbamates (subject to hydrolysis) is 1. The van der Waals surface area contributed by atoms with Gasteiger partial charge in [0, 0.05) is 73.9 Å². The van der Waals surface area contributed by atoms with Gasteiger partial charge in [-0.25, -0.2) is 23.5 Å². The van der Waals surface area contributed by atoms with Crippen LogP contribution in [0.3, 0.4) is 0 Å². The molecule has 0 atom stereocenters. The van der Waals surface area contributed by atoms with Gasteiger partial charge in [-0.1, -0.05) is 18.2 Å². The van der Waals surface area contributed by atoms with Crippen LogP contribution in [0.5, 0.6) is 0 Å². The molecule has 0 radical (unpaired) electrons. The highest BCUT2D eigenvalue weighted by molar-refractivity contribution is 5.68. The van der Waals surface area contributed by atoms with E-state index in [1.165, 1.54) is 22.8 Å². The third-order valence-corrected chi connectivity index (χ3v) is 10.6. The predicted octanol–water partition coefficient (Wildman–Crippen LogP) is 6.06. The highest BCUT2D eigenvalue weighted by atomic mass is 19.1. The zero-order valence-electron chi connectivity index (χ0n) is 29.2. The van der Waals surface area contributed by atoms with Crippen molar-refractivity contribution in [2.24, 2.45) is 0 Å². The molecular formula is C38H42F2N8O5. The molecule has 2 aromatic heterocycles. The van der Waals surface area contributed by atoms with Crippen molar-refractivity contribution in [1.29, 1.82) is 0 Å². The number of non-ortho nitro benzene ring substituents is 1. The minimum absolute atomic E-state index is 0.0137. The number of nitrogens with one attached hydrogen (secondary N) is 2. The smallest absolute Gasteiger partial charge is 0.407 e. The summed E-state index contributed by atoms with van der Waals surface area (Å²) in [7, 11) is 0. The number of nitro benzene ring substituents is 1. The Bertz CT molecular complexity index is 1990. The molecule has 4 aromatic rings. The van der Waals surface area contributed by atoms with Crippen LogP contribution in [0.25, 0.3) is 16.9 Å². The highest BCUT2D eigenvalue weighted by Crippen LogP contribution is 2.30. The SMILES string of the molecule is O=C(NC1CCC(Nc2ncc(F)c(-c3cccc(-n4ccccc4=O)c3)n2)CC1)OC1CCN(C2CCN(c3ccc([N+](=O)[O-])cc3F)CC2)CC1. The van der Waals surface area contributed by atoms with Gasteiger partial charge in [0.25, 0.3) is 11.2 Å². The number of benzene rings is 2. The second-order valence-electron chi connectivity index (χ2n) is 13.9. The number of aromatic nitrogens is 3. The first kappa shape index (κ1) is 35.9. The van der Waals surface area contributed by atoms with Crippen molar-refractivity contribution in [2.75, 3.05) is 36.4 Å². The van der Waals surface area contributed by atoms with Crippen LogP contribution in [0.15, 0.2) is 77.9 Å². The quantitative estimate of drug-likeness (QED) is 0.154. The average Bonchev–Trinajstić information content (AvgIpc) is 3.17. The molecule has 1 amide bonds. The molecule has 2 aliphatic heterocycles. The number of carbonyl (C=O) groups is 1. The lowest BCUT2D eigenvalue weighted by molar-refractivity contribution is -0.385. The number of piperidine rings is 2. The molecule has 1 saturated carbocycles. The molecule has 2 aromatic carbocycles. The van der Waals surface area contributed by atoms with E-state index in [2.05, 4.69) is 25.5 Å². The standard InChI is InChI=1S/C38H42F2N8O5/c39-32-23-30(48(51)52)11-12-34(32)46-18-13-28(14-19-46)45-20-15-31(16-21-45)53-38(50)43-27-9-7-26(8-10-27)42-37-41-24-33(40)36(44-37)25-4-3-5-29(22-25)47-17-2-1-6-35(47)49/h1-6,11-12,17,22-24,26-28,31H,7-10,13-16,18-21H2,(H,43,50)(H,41,42,44). The maximum Gasteiger partial charge on any atom is 0.407 e. The van der Waals surface area contributed by atoms with Gasteiger partial charge in [0.1, 0.15) is 11.8 Å². The maximum atomic E-state index is 14.9. The number of carbonyl (C=O) groups excluding carboxylic acids is 1. The van der Waals surface area contributed by atoms with E-state index < -0.39 is 22.7 Å². The summed E-state index contributed by atoms with van der Waals surface area (Å²) in [5, 5.41) is 17.3. The summed E-state index contributed by atoms with van der Waals surface area (Å²) >= 11 is 0. The van der Waals surface area contributed by atoms with Gasteiger partial charge in [-0.15, -0.1) is 0 Å². The first-order chi connectivity index (χ1) is 25.7. The molecule has 0 spiro atoms. The monoisotopic (exact) mass is 728 g/mol. The maximum absolute atomic E-state index is 14.9. The number of rotatable bonds is 9. The van der Waals surface area contributed by atoms with Crippen molar-refractivity contribution >= 4 is 23.4 Å². The molecule has 0 unspecified atom stereocenters. The lowest BCUT2D eigenvalue weighted by atomic mass is 9.91. The molecule has 2 saturated heterocycles. The second-order valence-corrected chi connectivity index (χ2v) is 13.9. The molecule has 53 heavy (non-hydrogen) atoms. The lowest BCUT2D eigenvalue weighted by Crippen LogP contribution is -2.49. The number of hydrogen-bond donors (Lipinski definition) is 2. The number of nitrogens with zero attached hydrogens (tertiary/aromatic N) is 6. The van der Waals surface area contributed by atoms with Crippen molar-refractivity contribution in [3.63, 3.8) is 0 Å². The first-order valence-electron chi connectivity index (χ1n) is 18.2. The van der Waals surface area contributed by atoms with Gasteiger partial charge in [0.2, 0.25) is 5.95 Å². The van der Waals surface area contributed by atoms with Crippen LogP contribution in [0.1, 0.15) is 51.4 Å². The minimum Gasteiger partial charge on any atom is -0.446 e. The van der Waals surface area contributed by atoms with E-state index in [-0.39, 0.29) is 35.1 Å². The fourth-order valence-electron chi connectivity index (χ4n) is 7.70. The van der Waals surface area contributed by atoms with Crippen LogP contribution >= 0.6 is 0 Å². The Labute approximate surface area is 305 Å². The van der Waals surface area contributed by atoms with Gasteiger partial charge in [-0.2, -0.15) is 0 Å². The molecule has 7 rings (SSSR count). The molecule has 3 fully saturated rings. The first-order valence-corrected chi connectivity index (χ1v) is 18.2. The molecule has 13 nitrogen and oxygen atoms in total.